The first-order valence-corrected chi connectivity index (χ1v) is 11.9. The number of fused-ring (bicyclic) bond motifs is 2. The van der Waals surface area contributed by atoms with Gasteiger partial charge in [-0.1, -0.05) is 54.1 Å². The van der Waals surface area contributed by atoms with Crippen LogP contribution in [0.1, 0.15) is 5.56 Å². The lowest BCUT2D eigenvalue weighted by molar-refractivity contribution is 0.955. The van der Waals surface area contributed by atoms with E-state index in [9.17, 15) is 5.26 Å². The summed E-state index contributed by atoms with van der Waals surface area (Å²) >= 11 is 7.70. The maximum absolute atomic E-state index is 10.0. The molecule has 0 fully saturated rings. The fourth-order valence-corrected chi connectivity index (χ4v) is 5.13. The first-order valence-electron chi connectivity index (χ1n) is 10.7. The van der Waals surface area contributed by atoms with Crippen LogP contribution in [0.15, 0.2) is 78.9 Å². The zero-order valence-corrected chi connectivity index (χ0v) is 19.7. The van der Waals surface area contributed by atoms with Crippen LogP contribution in [-0.2, 0) is 0 Å². The van der Waals surface area contributed by atoms with Gasteiger partial charge < -0.3 is 11.1 Å². The maximum atomic E-state index is 10.0. The molecule has 0 atom stereocenters. The molecule has 35 heavy (non-hydrogen) atoms. The Morgan fingerprint density at radius 2 is 1.69 bits per heavy atom. The van der Waals surface area contributed by atoms with E-state index in [0.29, 0.717) is 33.3 Å². The number of halogens is 1. The van der Waals surface area contributed by atoms with Crippen molar-refractivity contribution in [2.75, 3.05) is 11.1 Å². The molecule has 0 unspecified atom stereocenters. The zero-order valence-electron chi connectivity index (χ0n) is 18.1. The van der Waals surface area contributed by atoms with Crippen LogP contribution < -0.4 is 11.1 Å². The van der Waals surface area contributed by atoms with Gasteiger partial charge in [0.15, 0.2) is 11.5 Å². The molecule has 0 aliphatic carbocycles. The van der Waals surface area contributed by atoms with Crippen LogP contribution in [0.3, 0.4) is 0 Å². The summed E-state index contributed by atoms with van der Waals surface area (Å²) in [4.78, 5) is 9.44. The molecule has 0 bridgehead atoms. The molecule has 3 aromatic heterocycles. The summed E-state index contributed by atoms with van der Waals surface area (Å²) in [6.07, 6.45) is 0. The van der Waals surface area contributed by atoms with Gasteiger partial charge in [-0.05, 0) is 36.4 Å². The van der Waals surface area contributed by atoms with Crippen molar-refractivity contribution >= 4 is 56.1 Å². The van der Waals surface area contributed by atoms with Gasteiger partial charge in [0, 0.05) is 16.3 Å². The van der Waals surface area contributed by atoms with E-state index in [1.54, 1.807) is 16.6 Å². The number of hydrogen-bond acceptors (Lipinski definition) is 7. The van der Waals surface area contributed by atoms with E-state index in [2.05, 4.69) is 16.4 Å². The van der Waals surface area contributed by atoms with Gasteiger partial charge in [0.25, 0.3) is 0 Å². The quantitative estimate of drug-likeness (QED) is 0.289. The number of hydrogen-bond donors (Lipinski definition) is 2. The van der Waals surface area contributed by atoms with Crippen molar-refractivity contribution in [2.45, 2.75) is 0 Å². The summed E-state index contributed by atoms with van der Waals surface area (Å²) in [7, 11) is 0. The van der Waals surface area contributed by atoms with E-state index < -0.39 is 0 Å². The third-order valence-corrected chi connectivity index (χ3v) is 6.87. The number of thiazole rings is 1. The number of nitrogens with two attached hydrogens (primary N) is 1. The molecule has 7 nitrogen and oxygen atoms in total. The molecule has 6 rings (SSSR count). The molecule has 3 aromatic carbocycles. The Morgan fingerprint density at radius 1 is 0.943 bits per heavy atom. The fourth-order valence-electron chi connectivity index (χ4n) is 3.98. The van der Waals surface area contributed by atoms with Crippen LogP contribution in [0.2, 0.25) is 5.02 Å². The Bertz CT molecular complexity index is 1720. The molecule has 0 saturated carbocycles. The molecule has 6 aromatic rings. The van der Waals surface area contributed by atoms with Crippen molar-refractivity contribution in [3.8, 4) is 27.9 Å². The topological polar surface area (TPSA) is 105 Å². The molecule has 3 heterocycles. The van der Waals surface area contributed by atoms with Crippen LogP contribution >= 0.6 is 22.9 Å². The molecule has 0 spiro atoms. The predicted molar refractivity (Wildman–Crippen MR) is 141 cm³/mol. The molecule has 3 N–H and O–H groups in total. The second-order valence-electron chi connectivity index (χ2n) is 7.78. The van der Waals surface area contributed by atoms with Crippen LogP contribution in [0.4, 0.5) is 17.3 Å². The number of rotatable bonds is 4. The number of nitriles is 1. The highest BCUT2D eigenvalue weighted by Gasteiger charge is 2.25. The number of nitrogen functional groups attached to an aromatic ring is 1. The van der Waals surface area contributed by atoms with E-state index in [0.717, 1.165) is 26.5 Å². The lowest BCUT2D eigenvalue weighted by Gasteiger charge is -2.12. The SMILES string of the molecule is N#Cc1c(Nc2ccccc2)nn2c(-c3ccc(Cl)cc3)c(-c3nc4ccccc4s3)c(N)nc12. The Balaban J connectivity index is 1.67. The Kier molecular flexibility index (Phi) is 5.07. The highest BCUT2D eigenvalue weighted by Crippen LogP contribution is 2.41. The van der Waals surface area contributed by atoms with Crippen LogP contribution in [-0.4, -0.2) is 19.6 Å². The lowest BCUT2D eigenvalue weighted by atomic mass is 10.1. The van der Waals surface area contributed by atoms with Crippen molar-refractivity contribution in [1.29, 1.82) is 5.26 Å². The van der Waals surface area contributed by atoms with Gasteiger partial charge in [0.05, 0.1) is 21.5 Å². The van der Waals surface area contributed by atoms with Gasteiger partial charge in [-0.15, -0.1) is 16.4 Å². The van der Waals surface area contributed by atoms with Crippen LogP contribution in [0.25, 0.3) is 37.7 Å². The summed E-state index contributed by atoms with van der Waals surface area (Å²) in [5.41, 5.74) is 11.0. The van der Waals surface area contributed by atoms with Gasteiger partial charge in [-0.2, -0.15) is 5.26 Å². The smallest absolute Gasteiger partial charge is 0.178 e. The molecule has 0 amide bonds. The van der Waals surface area contributed by atoms with Crippen molar-refractivity contribution in [2.24, 2.45) is 0 Å². The zero-order chi connectivity index (χ0) is 23.9. The van der Waals surface area contributed by atoms with E-state index in [-0.39, 0.29) is 5.82 Å². The lowest BCUT2D eigenvalue weighted by Crippen LogP contribution is -2.05. The molecule has 9 heteroatoms. The number of nitrogens with zero attached hydrogens (tertiary/aromatic N) is 5. The number of nitrogens with one attached hydrogen (secondary N) is 1. The van der Waals surface area contributed by atoms with Gasteiger partial charge in [0.1, 0.15) is 22.5 Å². The summed E-state index contributed by atoms with van der Waals surface area (Å²) in [5.74, 6) is 0.659. The first kappa shape index (κ1) is 21.1. The van der Waals surface area contributed by atoms with E-state index >= 15 is 0 Å². The molecular weight excluding hydrogens is 478 g/mol. The predicted octanol–water partition coefficient (Wildman–Crippen LogP) is 6.52. The summed E-state index contributed by atoms with van der Waals surface area (Å²) in [6.45, 7) is 0. The second kappa shape index (κ2) is 8.40. The first-order chi connectivity index (χ1) is 17.1. The monoisotopic (exact) mass is 493 g/mol. The Labute approximate surface area is 209 Å². The largest absolute Gasteiger partial charge is 0.383 e. The van der Waals surface area contributed by atoms with E-state index in [1.807, 2.05) is 66.7 Å². The van der Waals surface area contributed by atoms with Crippen LogP contribution in [0, 0.1) is 11.3 Å². The third kappa shape index (κ3) is 3.64. The van der Waals surface area contributed by atoms with Crippen molar-refractivity contribution in [3.05, 3.63) is 89.4 Å². The van der Waals surface area contributed by atoms with Gasteiger partial charge in [0.2, 0.25) is 0 Å². The normalized spacial score (nSPS) is 11.1. The molecule has 0 aliphatic rings. The van der Waals surface area contributed by atoms with Crippen molar-refractivity contribution in [1.82, 2.24) is 19.6 Å². The fraction of sp³-hybridized carbons (Fsp3) is 0. The Hall–Kier alpha value is -4.45. The maximum Gasteiger partial charge on any atom is 0.178 e. The molecule has 0 radical (unpaired) electrons. The van der Waals surface area contributed by atoms with Gasteiger partial charge in [-0.3, -0.25) is 0 Å². The van der Waals surface area contributed by atoms with Gasteiger partial charge in [-0.25, -0.2) is 14.5 Å². The minimum atomic E-state index is 0.268. The summed E-state index contributed by atoms with van der Waals surface area (Å²) < 4.78 is 2.69. The third-order valence-electron chi connectivity index (χ3n) is 5.57. The minimum Gasteiger partial charge on any atom is -0.383 e. The van der Waals surface area contributed by atoms with Crippen LogP contribution in [0.5, 0.6) is 0 Å². The van der Waals surface area contributed by atoms with E-state index in [4.69, 9.17) is 27.4 Å². The highest BCUT2D eigenvalue weighted by atomic mass is 35.5. The molecule has 0 aliphatic heterocycles. The second-order valence-corrected chi connectivity index (χ2v) is 9.24. The molecule has 168 valence electrons. The van der Waals surface area contributed by atoms with E-state index in [1.165, 1.54) is 11.3 Å². The average Bonchev–Trinajstić information content (AvgIpc) is 3.45. The van der Waals surface area contributed by atoms with Crippen molar-refractivity contribution in [3.63, 3.8) is 0 Å². The van der Waals surface area contributed by atoms with Crippen molar-refractivity contribution < 1.29 is 0 Å². The highest BCUT2D eigenvalue weighted by molar-refractivity contribution is 7.21. The minimum absolute atomic E-state index is 0.268. The summed E-state index contributed by atoms with van der Waals surface area (Å²) in [5, 5.41) is 19.3. The standard InChI is InChI=1S/C26H16ClN7S/c27-16-12-10-15(11-13-16)22-21(26-31-19-8-4-5-9-20(19)35-26)23(29)32-25-18(14-28)24(33-34(22)25)30-17-6-2-1-3-7-17/h1-13H,(H2,29,32)(H,30,33). The average molecular weight is 494 g/mol. The number of para-hydroxylation sites is 2. The molecule has 0 saturated heterocycles. The number of anilines is 3. The number of benzene rings is 3. The summed E-state index contributed by atoms with van der Waals surface area (Å²) in [6, 6.07) is 27.1. The Morgan fingerprint density at radius 3 is 2.43 bits per heavy atom. The number of aromatic nitrogens is 4. The van der Waals surface area contributed by atoms with Gasteiger partial charge >= 0.3 is 0 Å². The molecular formula is C26H16ClN7S.